The largest absolute Gasteiger partial charge is 0.462 e. The molecule has 0 aliphatic carbocycles. The monoisotopic (exact) mass is 376 g/mol. The summed E-state index contributed by atoms with van der Waals surface area (Å²) in [6, 6.07) is 15.3. The van der Waals surface area contributed by atoms with E-state index in [-0.39, 0.29) is 5.97 Å². The van der Waals surface area contributed by atoms with E-state index in [1.807, 2.05) is 26.0 Å². The molecule has 0 bridgehead atoms. The highest BCUT2D eigenvalue weighted by Gasteiger charge is 2.13. The first kappa shape index (κ1) is 19.4. The highest BCUT2D eigenvalue weighted by Crippen LogP contribution is 2.24. The molecule has 0 fully saturated rings. The number of hydrogen-bond acceptors (Lipinski definition) is 6. The molecule has 144 valence electrons. The molecule has 0 unspecified atom stereocenters. The first-order valence-electron chi connectivity index (χ1n) is 9.19. The van der Waals surface area contributed by atoms with Crippen molar-refractivity contribution < 1.29 is 9.53 Å². The van der Waals surface area contributed by atoms with E-state index < -0.39 is 0 Å². The Morgan fingerprint density at radius 2 is 1.75 bits per heavy atom. The molecule has 3 rings (SSSR count). The lowest BCUT2D eigenvalue weighted by molar-refractivity contribution is 0.0527. The predicted molar refractivity (Wildman–Crippen MR) is 112 cm³/mol. The summed E-state index contributed by atoms with van der Waals surface area (Å²) in [5, 5.41) is 6.50. The number of aryl methyl sites for hydroxylation is 3. The SMILES string of the molecule is CCOC(=O)c1ccccc1Nc1nc(C)cc(Nc2cc(C)ccc2C)n1. The fourth-order valence-corrected chi connectivity index (χ4v) is 2.80. The minimum atomic E-state index is -0.382. The van der Waals surface area contributed by atoms with Crippen molar-refractivity contribution in [2.45, 2.75) is 27.7 Å². The second-order valence-electron chi connectivity index (χ2n) is 6.55. The van der Waals surface area contributed by atoms with Gasteiger partial charge in [0.1, 0.15) is 5.82 Å². The number of anilines is 4. The number of carbonyl (C=O) groups is 1. The molecule has 0 atom stereocenters. The van der Waals surface area contributed by atoms with Gasteiger partial charge in [0.25, 0.3) is 0 Å². The standard InChI is InChI=1S/C22H24N4O2/c1-5-28-21(27)17-8-6-7-9-18(17)25-22-23-16(4)13-20(26-22)24-19-12-14(2)10-11-15(19)3/h6-13H,5H2,1-4H3,(H2,23,24,25,26). The van der Waals surface area contributed by atoms with Gasteiger partial charge < -0.3 is 15.4 Å². The van der Waals surface area contributed by atoms with Crippen LogP contribution in [0.15, 0.2) is 48.5 Å². The number of aromatic nitrogens is 2. The van der Waals surface area contributed by atoms with Crippen LogP contribution in [0.25, 0.3) is 0 Å². The van der Waals surface area contributed by atoms with Gasteiger partial charge in [-0.3, -0.25) is 0 Å². The number of hydrogen-bond donors (Lipinski definition) is 2. The summed E-state index contributed by atoms with van der Waals surface area (Å²) in [5.41, 5.74) is 5.14. The Hall–Kier alpha value is -3.41. The third-order valence-electron chi connectivity index (χ3n) is 4.18. The molecule has 0 aliphatic rings. The number of nitrogens with zero attached hydrogens (tertiary/aromatic N) is 2. The van der Waals surface area contributed by atoms with Crippen molar-refractivity contribution in [3.63, 3.8) is 0 Å². The molecular weight excluding hydrogens is 352 g/mol. The lowest BCUT2D eigenvalue weighted by atomic mass is 10.1. The number of benzene rings is 2. The van der Waals surface area contributed by atoms with E-state index in [1.54, 1.807) is 25.1 Å². The van der Waals surface area contributed by atoms with Crippen molar-refractivity contribution in [1.29, 1.82) is 0 Å². The van der Waals surface area contributed by atoms with Crippen LogP contribution >= 0.6 is 0 Å². The van der Waals surface area contributed by atoms with Gasteiger partial charge in [0, 0.05) is 17.4 Å². The Bertz CT molecular complexity index is 1000. The van der Waals surface area contributed by atoms with Crippen LogP contribution in [0.1, 0.15) is 34.1 Å². The van der Waals surface area contributed by atoms with Gasteiger partial charge in [0.2, 0.25) is 5.95 Å². The number of para-hydroxylation sites is 1. The van der Waals surface area contributed by atoms with Crippen LogP contribution in [0.3, 0.4) is 0 Å². The van der Waals surface area contributed by atoms with Crippen molar-refractivity contribution in [2.24, 2.45) is 0 Å². The minimum absolute atomic E-state index is 0.317. The summed E-state index contributed by atoms with van der Waals surface area (Å²) in [4.78, 5) is 21.2. The average Bonchev–Trinajstić information content (AvgIpc) is 2.65. The first-order chi connectivity index (χ1) is 13.5. The van der Waals surface area contributed by atoms with Gasteiger partial charge in [0.05, 0.1) is 17.9 Å². The second-order valence-corrected chi connectivity index (χ2v) is 6.55. The molecule has 3 aromatic rings. The highest BCUT2D eigenvalue weighted by molar-refractivity contribution is 5.96. The maximum atomic E-state index is 12.2. The fourth-order valence-electron chi connectivity index (χ4n) is 2.80. The maximum Gasteiger partial charge on any atom is 0.340 e. The maximum absolute atomic E-state index is 12.2. The molecule has 0 saturated carbocycles. The predicted octanol–water partition coefficient (Wildman–Crippen LogP) is 5.07. The Morgan fingerprint density at radius 1 is 0.964 bits per heavy atom. The molecule has 0 amide bonds. The second kappa shape index (κ2) is 8.52. The van der Waals surface area contributed by atoms with Gasteiger partial charge in [-0.2, -0.15) is 4.98 Å². The lowest BCUT2D eigenvalue weighted by Crippen LogP contribution is -2.09. The molecule has 0 spiro atoms. The summed E-state index contributed by atoms with van der Waals surface area (Å²) in [6.45, 7) is 8.10. The average molecular weight is 376 g/mol. The zero-order chi connectivity index (χ0) is 20.1. The normalized spacial score (nSPS) is 10.4. The van der Waals surface area contributed by atoms with Crippen LogP contribution in [-0.4, -0.2) is 22.5 Å². The number of carbonyl (C=O) groups excluding carboxylic acids is 1. The molecule has 0 radical (unpaired) electrons. The van der Waals surface area contributed by atoms with E-state index in [4.69, 9.17) is 4.74 Å². The quantitative estimate of drug-likeness (QED) is 0.585. The highest BCUT2D eigenvalue weighted by atomic mass is 16.5. The molecule has 1 aromatic heterocycles. The summed E-state index contributed by atoms with van der Waals surface area (Å²) in [7, 11) is 0. The third-order valence-corrected chi connectivity index (χ3v) is 4.18. The van der Waals surface area contributed by atoms with E-state index in [9.17, 15) is 4.79 Å². The molecule has 6 nitrogen and oxygen atoms in total. The van der Waals surface area contributed by atoms with Gasteiger partial charge in [-0.05, 0) is 57.0 Å². The van der Waals surface area contributed by atoms with E-state index in [2.05, 4.69) is 45.7 Å². The molecule has 2 N–H and O–H groups in total. The van der Waals surface area contributed by atoms with E-state index >= 15 is 0 Å². The summed E-state index contributed by atoms with van der Waals surface area (Å²) in [6.07, 6.45) is 0. The number of nitrogens with one attached hydrogen (secondary N) is 2. The number of ether oxygens (including phenoxy) is 1. The summed E-state index contributed by atoms with van der Waals surface area (Å²) < 4.78 is 5.13. The smallest absolute Gasteiger partial charge is 0.340 e. The van der Waals surface area contributed by atoms with Crippen LogP contribution in [0.5, 0.6) is 0 Å². The van der Waals surface area contributed by atoms with E-state index in [1.165, 1.54) is 5.56 Å². The molecule has 0 saturated heterocycles. The van der Waals surface area contributed by atoms with Crippen LogP contribution < -0.4 is 10.6 Å². The van der Waals surface area contributed by atoms with E-state index in [0.29, 0.717) is 29.6 Å². The first-order valence-corrected chi connectivity index (χ1v) is 9.19. The minimum Gasteiger partial charge on any atom is -0.462 e. The van der Waals surface area contributed by atoms with Gasteiger partial charge in [0.15, 0.2) is 0 Å². The zero-order valence-corrected chi connectivity index (χ0v) is 16.5. The summed E-state index contributed by atoms with van der Waals surface area (Å²) in [5.74, 6) is 0.703. The van der Waals surface area contributed by atoms with Gasteiger partial charge >= 0.3 is 5.97 Å². The van der Waals surface area contributed by atoms with Crippen molar-refractivity contribution in [2.75, 3.05) is 17.2 Å². The Labute approximate surface area is 165 Å². The zero-order valence-electron chi connectivity index (χ0n) is 16.5. The van der Waals surface area contributed by atoms with E-state index in [0.717, 1.165) is 16.9 Å². The lowest BCUT2D eigenvalue weighted by Gasteiger charge is -2.13. The molecular formula is C22H24N4O2. The molecule has 0 aliphatic heterocycles. The van der Waals surface area contributed by atoms with Crippen LogP contribution in [-0.2, 0) is 4.74 Å². The Balaban J connectivity index is 1.89. The van der Waals surface area contributed by atoms with Crippen LogP contribution in [0.2, 0.25) is 0 Å². The van der Waals surface area contributed by atoms with Gasteiger partial charge in [-0.25, -0.2) is 9.78 Å². The molecule has 6 heteroatoms. The van der Waals surface area contributed by atoms with Gasteiger partial charge in [-0.1, -0.05) is 24.3 Å². The van der Waals surface area contributed by atoms with Crippen molar-refractivity contribution in [1.82, 2.24) is 9.97 Å². The Kier molecular flexibility index (Phi) is 5.89. The topological polar surface area (TPSA) is 76.1 Å². The van der Waals surface area contributed by atoms with Crippen molar-refractivity contribution in [3.8, 4) is 0 Å². The van der Waals surface area contributed by atoms with Gasteiger partial charge in [-0.15, -0.1) is 0 Å². The number of esters is 1. The molecule has 2 aromatic carbocycles. The van der Waals surface area contributed by atoms with Crippen molar-refractivity contribution >= 4 is 29.1 Å². The summed E-state index contributed by atoms with van der Waals surface area (Å²) >= 11 is 0. The van der Waals surface area contributed by atoms with Crippen LogP contribution in [0, 0.1) is 20.8 Å². The third kappa shape index (κ3) is 4.65. The van der Waals surface area contributed by atoms with Crippen molar-refractivity contribution in [3.05, 3.63) is 70.9 Å². The Morgan fingerprint density at radius 3 is 2.54 bits per heavy atom. The number of rotatable bonds is 6. The fraction of sp³-hybridized carbons (Fsp3) is 0.227. The molecule has 28 heavy (non-hydrogen) atoms. The molecule has 1 heterocycles. The van der Waals surface area contributed by atoms with Crippen LogP contribution in [0.4, 0.5) is 23.1 Å².